The van der Waals surface area contributed by atoms with Crippen molar-refractivity contribution >= 4 is 17.5 Å². The number of piperidine rings is 2. The molecule has 7 nitrogen and oxygen atoms in total. The summed E-state index contributed by atoms with van der Waals surface area (Å²) in [4.78, 5) is 26.0. The summed E-state index contributed by atoms with van der Waals surface area (Å²) in [5.74, 6) is 1.56. The SMILES string of the molecule is O=C(Cc1ccc(N2CCC(NC[C@H]3CCCN(c4ncccn4)C3)CC2)cc1)NCc1ccccc1. The van der Waals surface area contributed by atoms with Gasteiger partial charge in [0.1, 0.15) is 0 Å². The Balaban J connectivity index is 1.02. The van der Waals surface area contributed by atoms with Crippen molar-refractivity contribution in [3.8, 4) is 0 Å². The summed E-state index contributed by atoms with van der Waals surface area (Å²) in [6.45, 7) is 5.84. The maximum atomic E-state index is 12.3. The highest BCUT2D eigenvalue weighted by molar-refractivity contribution is 5.78. The van der Waals surface area contributed by atoms with Crippen LogP contribution in [0.25, 0.3) is 0 Å². The molecule has 194 valence electrons. The molecule has 5 rings (SSSR count). The minimum atomic E-state index is 0.0564. The zero-order valence-corrected chi connectivity index (χ0v) is 21.6. The second-order valence-electron chi connectivity index (χ2n) is 10.3. The van der Waals surface area contributed by atoms with Crippen molar-refractivity contribution in [1.29, 1.82) is 0 Å². The molecule has 2 aliphatic heterocycles. The molecule has 0 saturated carbocycles. The van der Waals surface area contributed by atoms with Crippen LogP contribution in [0.2, 0.25) is 0 Å². The summed E-state index contributed by atoms with van der Waals surface area (Å²) in [7, 11) is 0. The zero-order valence-electron chi connectivity index (χ0n) is 21.6. The molecule has 1 atom stereocenters. The molecule has 1 amide bonds. The monoisotopic (exact) mass is 498 g/mol. The first-order valence-electron chi connectivity index (χ1n) is 13.6. The molecule has 2 fully saturated rings. The molecule has 0 spiro atoms. The summed E-state index contributed by atoms with van der Waals surface area (Å²) in [5, 5.41) is 6.86. The number of aromatic nitrogens is 2. The van der Waals surface area contributed by atoms with Crippen LogP contribution in [0.5, 0.6) is 0 Å². The molecule has 0 bridgehead atoms. The van der Waals surface area contributed by atoms with Gasteiger partial charge in [-0.05, 0) is 67.5 Å². The van der Waals surface area contributed by atoms with Gasteiger partial charge in [0.25, 0.3) is 0 Å². The number of anilines is 2. The maximum absolute atomic E-state index is 12.3. The molecular formula is C30H38N6O. The van der Waals surface area contributed by atoms with E-state index in [4.69, 9.17) is 0 Å². The summed E-state index contributed by atoms with van der Waals surface area (Å²) in [5.41, 5.74) is 3.41. The molecule has 2 aliphatic rings. The third-order valence-corrected chi connectivity index (χ3v) is 7.54. The van der Waals surface area contributed by atoms with Crippen LogP contribution in [0, 0.1) is 5.92 Å². The molecule has 7 heteroatoms. The standard InChI is InChI=1S/C30H38N6O/c37-29(34-21-25-6-2-1-3-7-25)20-24-9-11-28(12-10-24)35-18-13-27(14-19-35)33-22-26-8-4-17-36(23-26)30-31-15-5-16-32-30/h1-3,5-7,9-12,15-16,26-27,33H,4,8,13-14,17-23H2,(H,34,37)/t26-/m1/s1. The zero-order chi connectivity index (χ0) is 25.3. The first-order chi connectivity index (χ1) is 18.2. The van der Waals surface area contributed by atoms with Crippen LogP contribution in [0.1, 0.15) is 36.8 Å². The van der Waals surface area contributed by atoms with E-state index in [1.807, 2.05) is 48.8 Å². The fraction of sp³-hybridized carbons (Fsp3) is 0.433. The summed E-state index contributed by atoms with van der Waals surface area (Å²) in [6, 6.07) is 21.0. The number of rotatable bonds is 9. The largest absolute Gasteiger partial charge is 0.371 e. The Morgan fingerprint density at radius 2 is 1.59 bits per heavy atom. The topological polar surface area (TPSA) is 73.4 Å². The third kappa shape index (κ3) is 7.29. The molecule has 37 heavy (non-hydrogen) atoms. The molecule has 2 aromatic carbocycles. The summed E-state index contributed by atoms with van der Waals surface area (Å²) in [6.07, 6.45) is 8.85. The van der Waals surface area contributed by atoms with Crippen LogP contribution >= 0.6 is 0 Å². The van der Waals surface area contributed by atoms with E-state index in [-0.39, 0.29) is 5.91 Å². The van der Waals surface area contributed by atoms with Gasteiger partial charge in [-0.25, -0.2) is 9.97 Å². The van der Waals surface area contributed by atoms with Gasteiger partial charge in [-0.3, -0.25) is 4.79 Å². The van der Waals surface area contributed by atoms with Crippen LogP contribution in [-0.2, 0) is 17.8 Å². The molecule has 0 aliphatic carbocycles. The Labute approximate surface area is 220 Å². The average Bonchev–Trinajstić information content (AvgIpc) is 2.97. The van der Waals surface area contributed by atoms with Crippen LogP contribution in [0.4, 0.5) is 11.6 Å². The molecule has 2 saturated heterocycles. The molecule has 0 radical (unpaired) electrons. The summed E-state index contributed by atoms with van der Waals surface area (Å²) >= 11 is 0. The van der Waals surface area contributed by atoms with E-state index in [0.29, 0.717) is 24.9 Å². The Morgan fingerprint density at radius 1 is 0.838 bits per heavy atom. The predicted octanol–water partition coefficient (Wildman–Crippen LogP) is 3.81. The first kappa shape index (κ1) is 25.2. The van der Waals surface area contributed by atoms with Crippen molar-refractivity contribution in [3.63, 3.8) is 0 Å². The van der Waals surface area contributed by atoms with Crippen LogP contribution < -0.4 is 20.4 Å². The van der Waals surface area contributed by atoms with E-state index in [1.54, 1.807) is 0 Å². The number of hydrogen-bond donors (Lipinski definition) is 2. The van der Waals surface area contributed by atoms with Crippen molar-refractivity contribution in [2.24, 2.45) is 5.92 Å². The highest BCUT2D eigenvalue weighted by atomic mass is 16.1. The van der Waals surface area contributed by atoms with Crippen molar-refractivity contribution in [2.75, 3.05) is 42.5 Å². The highest BCUT2D eigenvalue weighted by Gasteiger charge is 2.24. The minimum Gasteiger partial charge on any atom is -0.371 e. The van der Waals surface area contributed by atoms with E-state index in [2.05, 4.69) is 54.7 Å². The quantitative estimate of drug-likeness (QED) is 0.468. The lowest BCUT2D eigenvalue weighted by Crippen LogP contribution is -2.46. The first-order valence-corrected chi connectivity index (χ1v) is 13.6. The van der Waals surface area contributed by atoms with E-state index in [1.165, 1.54) is 18.5 Å². The molecular weight excluding hydrogens is 460 g/mol. The second-order valence-corrected chi connectivity index (χ2v) is 10.3. The van der Waals surface area contributed by atoms with Gasteiger partial charge in [-0.15, -0.1) is 0 Å². The predicted molar refractivity (Wildman–Crippen MR) is 149 cm³/mol. The van der Waals surface area contributed by atoms with Crippen molar-refractivity contribution in [2.45, 2.75) is 44.7 Å². The van der Waals surface area contributed by atoms with E-state index < -0.39 is 0 Å². The van der Waals surface area contributed by atoms with Crippen molar-refractivity contribution < 1.29 is 4.79 Å². The number of carbonyl (C=O) groups is 1. The third-order valence-electron chi connectivity index (χ3n) is 7.54. The van der Waals surface area contributed by atoms with Crippen molar-refractivity contribution in [3.05, 3.63) is 84.2 Å². The fourth-order valence-corrected chi connectivity index (χ4v) is 5.41. The van der Waals surface area contributed by atoms with Gasteiger partial charge in [0.05, 0.1) is 6.42 Å². The maximum Gasteiger partial charge on any atom is 0.225 e. The average molecular weight is 499 g/mol. The lowest BCUT2D eigenvalue weighted by atomic mass is 9.96. The number of hydrogen-bond acceptors (Lipinski definition) is 6. The molecule has 1 aromatic heterocycles. The molecule has 2 N–H and O–H groups in total. The normalized spacial score (nSPS) is 18.5. The highest BCUT2D eigenvalue weighted by Crippen LogP contribution is 2.23. The minimum absolute atomic E-state index is 0.0564. The Kier molecular flexibility index (Phi) is 8.64. The van der Waals surface area contributed by atoms with Gasteiger partial charge >= 0.3 is 0 Å². The van der Waals surface area contributed by atoms with Gasteiger partial charge < -0.3 is 20.4 Å². The van der Waals surface area contributed by atoms with Gasteiger partial charge in [-0.1, -0.05) is 42.5 Å². The number of nitrogens with one attached hydrogen (secondary N) is 2. The van der Waals surface area contributed by atoms with Gasteiger partial charge in [0.15, 0.2) is 0 Å². The van der Waals surface area contributed by atoms with Gasteiger partial charge in [0.2, 0.25) is 11.9 Å². The fourth-order valence-electron chi connectivity index (χ4n) is 5.41. The Bertz CT molecular complexity index is 1100. The van der Waals surface area contributed by atoms with E-state index in [0.717, 1.165) is 62.6 Å². The van der Waals surface area contributed by atoms with E-state index in [9.17, 15) is 4.79 Å². The van der Waals surface area contributed by atoms with Gasteiger partial charge in [-0.2, -0.15) is 0 Å². The molecule has 0 unspecified atom stereocenters. The lowest BCUT2D eigenvalue weighted by molar-refractivity contribution is -0.120. The van der Waals surface area contributed by atoms with Crippen LogP contribution in [-0.4, -0.2) is 54.6 Å². The number of benzene rings is 2. The Hall–Kier alpha value is -3.45. The second kappa shape index (κ2) is 12.7. The molecule has 3 aromatic rings. The van der Waals surface area contributed by atoms with Crippen LogP contribution in [0.15, 0.2) is 73.1 Å². The lowest BCUT2D eigenvalue weighted by Gasteiger charge is -2.36. The van der Waals surface area contributed by atoms with E-state index >= 15 is 0 Å². The smallest absolute Gasteiger partial charge is 0.225 e. The van der Waals surface area contributed by atoms with Crippen molar-refractivity contribution in [1.82, 2.24) is 20.6 Å². The Morgan fingerprint density at radius 3 is 2.35 bits per heavy atom. The summed E-state index contributed by atoms with van der Waals surface area (Å²) < 4.78 is 0. The van der Waals surface area contributed by atoms with Crippen LogP contribution in [0.3, 0.4) is 0 Å². The molecule has 3 heterocycles. The number of nitrogens with zero attached hydrogens (tertiary/aromatic N) is 4. The number of amides is 1. The number of carbonyl (C=O) groups excluding carboxylic acids is 1. The van der Waals surface area contributed by atoms with Gasteiger partial charge in [0, 0.05) is 56.8 Å².